The molecule has 1 atom stereocenters. The van der Waals surface area contributed by atoms with Crippen molar-refractivity contribution in [1.29, 1.82) is 0 Å². The molecule has 106 valence electrons. The van der Waals surface area contributed by atoms with Crippen LogP contribution in [-0.4, -0.2) is 34.0 Å². The van der Waals surface area contributed by atoms with Crippen molar-refractivity contribution in [3.63, 3.8) is 0 Å². The fourth-order valence-corrected chi connectivity index (χ4v) is 1.64. The third-order valence-electron chi connectivity index (χ3n) is 2.67. The molecular weight excluding hydrogens is 258 g/mol. The summed E-state index contributed by atoms with van der Waals surface area (Å²) >= 11 is 0. The maximum Gasteiger partial charge on any atom is 0.233 e. The van der Waals surface area contributed by atoms with Crippen molar-refractivity contribution in [1.82, 2.24) is 15.2 Å². The summed E-state index contributed by atoms with van der Waals surface area (Å²) in [5.74, 6) is 1.03. The Balaban J connectivity index is 2.16. The summed E-state index contributed by atoms with van der Waals surface area (Å²) < 4.78 is 10.4. The lowest BCUT2D eigenvalue weighted by Gasteiger charge is -2.11. The maximum absolute atomic E-state index is 10.3. The molecule has 0 radical (unpaired) electrons. The third kappa shape index (κ3) is 3.42. The number of rotatable bonds is 6. The monoisotopic (exact) mass is 275 g/mol. The Morgan fingerprint density at radius 1 is 1.25 bits per heavy atom. The minimum atomic E-state index is -0.897. The lowest BCUT2D eigenvalue weighted by Crippen LogP contribution is -2.05. The second kappa shape index (κ2) is 6.81. The van der Waals surface area contributed by atoms with Crippen molar-refractivity contribution in [3.8, 4) is 11.6 Å². The van der Waals surface area contributed by atoms with E-state index in [4.69, 9.17) is 9.47 Å². The van der Waals surface area contributed by atoms with Crippen molar-refractivity contribution >= 4 is 0 Å². The van der Waals surface area contributed by atoms with Crippen molar-refractivity contribution in [2.75, 3.05) is 13.7 Å². The second-order valence-corrected chi connectivity index (χ2v) is 4.21. The summed E-state index contributed by atoms with van der Waals surface area (Å²) in [5.41, 5.74) is 1.04. The summed E-state index contributed by atoms with van der Waals surface area (Å²) in [4.78, 5) is 4.06. The highest BCUT2D eigenvalue weighted by molar-refractivity contribution is 5.30. The van der Waals surface area contributed by atoms with Gasteiger partial charge in [0.05, 0.1) is 25.6 Å². The fraction of sp³-hybridized carbons (Fsp3) is 0.357. The van der Waals surface area contributed by atoms with Crippen LogP contribution in [0.2, 0.25) is 0 Å². The van der Waals surface area contributed by atoms with Crippen molar-refractivity contribution in [3.05, 3.63) is 41.9 Å². The highest BCUT2D eigenvalue weighted by Crippen LogP contribution is 2.23. The number of aromatic nitrogens is 3. The molecule has 0 aliphatic heterocycles. The zero-order valence-corrected chi connectivity index (χ0v) is 11.5. The molecular formula is C14H17N3O3. The van der Waals surface area contributed by atoms with Gasteiger partial charge < -0.3 is 14.6 Å². The van der Waals surface area contributed by atoms with E-state index in [9.17, 15) is 5.11 Å². The predicted octanol–water partition coefficient (Wildman–Crippen LogP) is 1.75. The lowest BCUT2D eigenvalue weighted by atomic mass is 10.1. The van der Waals surface area contributed by atoms with Gasteiger partial charge in [-0.1, -0.05) is 6.92 Å². The van der Waals surface area contributed by atoms with Gasteiger partial charge in [-0.25, -0.2) is 0 Å². The molecule has 2 aromatic heterocycles. The molecule has 0 saturated carbocycles. The number of aliphatic hydroxyl groups is 1. The second-order valence-electron chi connectivity index (χ2n) is 4.21. The first-order valence-electron chi connectivity index (χ1n) is 6.38. The topological polar surface area (TPSA) is 77.4 Å². The van der Waals surface area contributed by atoms with Gasteiger partial charge in [0, 0.05) is 17.8 Å². The highest BCUT2D eigenvalue weighted by atomic mass is 16.5. The normalized spacial score (nSPS) is 11.9. The number of hydrogen-bond acceptors (Lipinski definition) is 6. The van der Waals surface area contributed by atoms with E-state index >= 15 is 0 Å². The summed E-state index contributed by atoms with van der Waals surface area (Å²) in [6.45, 7) is 2.64. The van der Waals surface area contributed by atoms with Crippen LogP contribution in [0.4, 0.5) is 0 Å². The molecule has 0 saturated heterocycles. The van der Waals surface area contributed by atoms with Crippen LogP contribution in [0.5, 0.6) is 11.6 Å². The zero-order chi connectivity index (χ0) is 14.4. The number of ether oxygens (including phenoxy) is 2. The Morgan fingerprint density at radius 3 is 2.75 bits per heavy atom. The van der Waals surface area contributed by atoms with Gasteiger partial charge in [0.15, 0.2) is 0 Å². The molecule has 6 heteroatoms. The molecule has 6 nitrogen and oxygen atoms in total. The molecule has 0 amide bonds. The Kier molecular flexibility index (Phi) is 4.84. The average molecular weight is 275 g/mol. The molecule has 2 aromatic rings. The van der Waals surface area contributed by atoms with Crippen molar-refractivity contribution in [2.45, 2.75) is 19.4 Å². The number of hydrogen-bond donors (Lipinski definition) is 1. The minimum absolute atomic E-state index is 0.402. The molecule has 2 heterocycles. The van der Waals surface area contributed by atoms with E-state index in [-0.39, 0.29) is 0 Å². The molecule has 0 bridgehead atoms. The van der Waals surface area contributed by atoms with Gasteiger partial charge in [-0.05, 0) is 18.6 Å². The van der Waals surface area contributed by atoms with Crippen molar-refractivity contribution < 1.29 is 14.6 Å². The summed E-state index contributed by atoms with van der Waals surface area (Å²) in [6, 6.07) is 5.06. The first kappa shape index (κ1) is 14.2. The smallest absolute Gasteiger partial charge is 0.233 e. The molecule has 0 spiro atoms. The van der Waals surface area contributed by atoms with E-state index in [1.807, 2.05) is 6.92 Å². The largest absolute Gasteiger partial charge is 0.492 e. The van der Waals surface area contributed by atoms with Crippen LogP contribution in [0.3, 0.4) is 0 Å². The van der Waals surface area contributed by atoms with E-state index in [0.29, 0.717) is 29.5 Å². The van der Waals surface area contributed by atoms with Gasteiger partial charge in [-0.2, -0.15) is 0 Å². The predicted molar refractivity (Wildman–Crippen MR) is 72.7 cm³/mol. The molecule has 1 unspecified atom stereocenters. The Hall–Kier alpha value is -2.21. The summed E-state index contributed by atoms with van der Waals surface area (Å²) in [6.07, 6.45) is 3.21. The van der Waals surface area contributed by atoms with E-state index in [1.54, 1.807) is 30.6 Å². The van der Waals surface area contributed by atoms with Gasteiger partial charge in [-0.3, -0.25) is 4.98 Å². The van der Waals surface area contributed by atoms with Crippen LogP contribution < -0.4 is 9.47 Å². The van der Waals surface area contributed by atoms with E-state index in [1.165, 1.54) is 7.11 Å². The minimum Gasteiger partial charge on any atom is -0.492 e. The van der Waals surface area contributed by atoms with Gasteiger partial charge >= 0.3 is 0 Å². The Bertz CT molecular complexity index is 546. The van der Waals surface area contributed by atoms with Crippen molar-refractivity contribution in [2.24, 2.45) is 0 Å². The van der Waals surface area contributed by atoms with Gasteiger partial charge in [0.1, 0.15) is 11.9 Å². The maximum atomic E-state index is 10.3. The molecule has 1 N–H and O–H groups in total. The first-order chi connectivity index (χ1) is 9.74. The van der Waals surface area contributed by atoms with Crippen LogP contribution in [-0.2, 0) is 0 Å². The third-order valence-corrected chi connectivity index (χ3v) is 2.67. The van der Waals surface area contributed by atoms with Crippen LogP contribution >= 0.6 is 0 Å². The standard InChI is InChI=1S/C14H17N3O3/c1-3-6-20-11-7-10(8-15-9-11)14(18)12-4-5-13(19-2)17-16-12/h4-5,7-9,14,18H,3,6H2,1-2H3. The van der Waals surface area contributed by atoms with Gasteiger partial charge in [0.2, 0.25) is 5.88 Å². The van der Waals surface area contributed by atoms with Gasteiger partial charge in [0.25, 0.3) is 0 Å². The van der Waals surface area contributed by atoms with Crippen LogP contribution in [0, 0.1) is 0 Å². The van der Waals surface area contributed by atoms with E-state index in [0.717, 1.165) is 6.42 Å². The Morgan fingerprint density at radius 2 is 2.10 bits per heavy atom. The molecule has 0 aromatic carbocycles. The zero-order valence-electron chi connectivity index (χ0n) is 11.5. The molecule has 0 aliphatic carbocycles. The van der Waals surface area contributed by atoms with Crippen LogP contribution in [0.15, 0.2) is 30.6 Å². The number of pyridine rings is 1. The van der Waals surface area contributed by atoms with E-state index < -0.39 is 6.10 Å². The van der Waals surface area contributed by atoms with Gasteiger partial charge in [-0.15, -0.1) is 10.2 Å². The quantitative estimate of drug-likeness (QED) is 0.865. The highest BCUT2D eigenvalue weighted by Gasteiger charge is 2.14. The SMILES string of the molecule is CCCOc1cncc(C(O)c2ccc(OC)nn2)c1. The van der Waals surface area contributed by atoms with E-state index in [2.05, 4.69) is 15.2 Å². The first-order valence-corrected chi connectivity index (χ1v) is 6.38. The lowest BCUT2D eigenvalue weighted by molar-refractivity contribution is 0.212. The molecule has 2 rings (SSSR count). The number of nitrogens with zero attached hydrogens (tertiary/aromatic N) is 3. The summed E-state index contributed by atoms with van der Waals surface area (Å²) in [7, 11) is 1.51. The number of aliphatic hydroxyl groups excluding tert-OH is 1. The molecule has 20 heavy (non-hydrogen) atoms. The fourth-order valence-electron chi connectivity index (χ4n) is 1.64. The summed E-state index contributed by atoms with van der Waals surface area (Å²) in [5, 5.41) is 18.0. The van der Waals surface area contributed by atoms with Crippen LogP contribution in [0.25, 0.3) is 0 Å². The molecule has 0 fully saturated rings. The number of methoxy groups -OCH3 is 1. The Labute approximate surface area is 117 Å². The van der Waals surface area contributed by atoms with Crippen LogP contribution in [0.1, 0.15) is 30.7 Å². The average Bonchev–Trinajstić information content (AvgIpc) is 2.52. The molecule has 0 aliphatic rings.